The van der Waals surface area contributed by atoms with Gasteiger partial charge in [-0.05, 0) is 46.2 Å². The predicted molar refractivity (Wildman–Crippen MR) is 79.9 cm³/mol. The fourth-order valence-electron chi connectivity index (χ4n) is 2.30. The maximum Gasteiger partial charge on any atom is 0.215 e. The molecule has 0 unspecified atom stereocenters. The van der Waals surface area contributed by atoms with Crippen LogP contribution in [-0.2, 0) is 0 Å². The summed E-state index contributed by atoms with van der Waals surface area (Å²) in [5.41, 5.74) is 4.92. The van der Waals surface area contributed by atoms with E-state index in [-0.39, 0.29) is 0 Å². The van der Waals surface area contributed by atoms with Gasteiger partial charge in [0.15, 0.2) is 5.65 Å². The third-order valence-corrected chi connectivity index (χ3v) is 3.95. The van der Waals surface area contributed by atoms with Gasteiger partial charge in [0, 0.05) is 10.9 Å². The summed E-state index contributed by atoms with van der Waals surface area (Å²) >= 11 is 6.69. The summed E-state index contributed by atoms with van der Waals surface area (Å²) in [5.74, 6) is 0. The van der Waals surface area contributed by atoms with E-state index in [4.69, 9.17) is 12.2 Å². The normalized spacial score (nSPS) is 11.4. The highest BCUT2D eigenvalue weighted by atomic mass is 32.1. The van der Waals surface area contributed by atoms with Crippen molar-refractivity contribution in [1.82, 2.24) is 20.2 Å². The Labute approximate surface area is 117 Å². The van der Waals surface area contributed by atoms with E-state index >= 15 is 0 Å². The van der Waals surface area contributed by atoms with E-state index in [0.717, 1.165) is 27.6 Å². The van der Waals surface area contributed by atoms with Crippen LogP contribution in [0.4, 0.5) is 0 Å². The summed E-state index contributed by atoms with van der Waals surface area (Å²) in [6, 6.07) is 8.26. The van der Waals surface area contributed by atoms with Gasteiger partial charge in [0.2, 0.25) is 4.77 Å². The number of hydrogen-bond acceptors (Lipinski definition) is 4. The van der Waals surface area contributed by atoms with Crippen LogP contribution in [0, 0.1) is 4.77 Å². The van der Waals surface area contributed by atoms with Gasteiger partial charge in [-0.15, -0.1) is 0 Å². The molecule has 0 aliphatic rings. The van der Waals surface area contributed by atoms with Crippen LogP contribution in [0.2, 0.25) is 0 Å². The molecular weight excluding hydrogens is 276 g/mol. The Hall–Kier alpha value is -2.05. The Morgan fingerprint density at radius 2 is 2.16 bits per heavy atom. The molecule has 0 saturated heterocycles. The highest BCUT2D eigenvalue weighted by Gasteiger charge is 2.12. The molecule has 0 bridgehead atoms. The Morgan fingerprint density at radius 1 is 1.21 bits per heavy atom. The Kier molecular flexibility index (Phi) is 2.27. The number of aromatic nitrogens is 4. The summed E-state index contributed by atoms with van der Waals surface area (Å²) in [7, 11) is 0. The van der Waals surface area contributed by atoms with Crippen LogP contribution in [-0.4, -0.2) is 20.2 Å². The fourth-order valence-corrected chi connectivity index (χ4v) is 3.09. The van der Waals surface area contributed by atoms with E-state index < -0.39 is 0 Å². The zero-order chi connectivity index (χ0) is 12.8. The summed E-state index contributed by atoms with van der Waals surface area (Å²) in [6.07, 6.45) is 0. The van der Waals surface area contributed by atoms with Crippen molar-refractivity contribution in [2.45, 2.75) is 0 Å². The quantitative estimate of drug-likeness (QED) is 0.521. The van der Waals surface area contributed by atoms with Crippen LogP contribution < -0.4 is 0 Å². The minimum absolute atomic E-state index is 0.385. The van der Waals surface area contributed by atoms with Crippen LogP contribution in [0.15, 0.2) is 35.0 Å². The first-order valence-corrected chi connectivity index (χ1v) is 7.08. The molecule has 3 aromatic heterocycles. The van der Waals surface area contributed by atoms with Gasteiger partial charge >= 0.3 is 0 Å². The largest absolute Gasteiger partial charge is 0.338 e. The molecule has 1 aromatic carbocycles. The van der Waals surface area contributed by atoms with Gasteiger partial charge in [0.25, 0.3) is 0 Å². The van der Waals surface area contributed by atoms with Gasteiger partial charge in [0.1, 0.15) is 5.52 Å². The molecule has 92 valence electrons. The second kappa shape index (κ2) is 3.97. The van der Waals surface area contributed by atoms with E-state index in [1.807, 2.05) is 12.1 Å². The van der Waals surface area contributed by atoms with Gasteiger partial charge in [-0.3, -0.25) is 5.10 Å². The predicted octanol–water partition coefficient (Wildman–Crippen LogP) is 3.90. The molecule has 0 radical (unpaired) electrons. The molecular formula is C13H8N4S2. The van der Waals surface area contributed by atoms with Crippen molar-refractivity contribution in [3.8, 4) is 11.1 Å². The van der Waals surface area contributed by atoms with Crippen molar-refractivity contribution < 1.29 is 0 Å². The molecule has 4 aromatic rings. The zero-order valence-corrected chi connectivity index (χ0v) is 11.3. The first-order chi connectivity index (χ1) is 9.33. The Bertz CT molecular complexity index is 934. The maximum atomic E-state index is 5.01. The highest BCUT2D eigenvalue weighted by molar-refractivity contribution is 7.71. The topological polar surface area (TPSA) is 57.4 Å². The second-order valence-corrected chi connectivity index (χ2v) is 5.37. The molecule has 4 nitrogen and oxygen atoms in total. The Morgan fingerprint density at radius 3 is 3.00 bits per heavy atom. The average molecular weight is 284 g/mol. The number of aromatic amines is 2. The number of benzene rings is 1. The monoisotopic (exact) mass is 284 g/mol. The zero-order valence-electron chi connectivity index (χ0n) is 9.68. The lowest BCUT2D eigenvalue weighted by Crippen LogP contribution is -1.87. The molecule has 4 rings (SSSR count). The number of nitrogens with zero attached hydrogens (tertiary/aromatic N) is 2. The van der Waals surface area contributed by atoms with Crippen LogP contribution in [0.3, 0.4) is 0 Å². The van der Waals surface area contributed by atoms with Crippen molar-refractivity contribution in [1.29, 1.82) is 0 Å². The molecule has 0 aliphatic heterocycles. The van der Waals surface area contributed by atoms with Gasteiger partial charge in [-0.2, -0.15) is 21.4 Å². The van der Waals surface area contributed by atoms with Gasteiger partial charge < -0.3 is 4.98 Å². The molecule has 3 heterocycles. The second-order valence-electron chi connectivity index (χ2n) is 4.20. The number of hydrogen-bond donors (Lipinski definition) is 2. The lowest BCUT2D eigenvalue weighted by Gasteiger charge is -2.00. The van der Waals surface area contributed by atoms with Gasteiger partial charge in [-0.25, -0.2) is 0 Å². The minimum atomic E-state index is 0.385. The van der Waals surface area contributed by atoms with Gasteiger partial charge in [-0.1, -0.05) is 12.1 Å². The molecule has 6 heteroatoms. The van der Waals surface area contributed by atoms with Crippen molar-refractivity contribution in [3.63, 3.8) is 0 Å². The van der Waals surface area contributed by atoms with Crippen molar-refractivity contribution in [2.75, 3.05) is 0 Å². The average Bonchev–Trinajstić information content (AvgIpc) is 3.04. The number of fused-ring (bicyclic) bond motifs is 3. The maximum absolute atomic E-state index is 5.01. The molecule has 0 saturated carbocycles. The van der Waals surface area contributed by atoms with Crippen molar-refractivity contribution >= 4 is 45.6 Å². The van der Waals surface area contributed by atoms with Gasteiger partial charge in [0.05, 0.1) is 0 Å². The molecule has 0 amide bonds. The lowest BCUT2D eigenvalue weighted by atomic mass is 10.0. The van der Waals surface area contributed by atoms with Crippen LogP contribution in [0.25, 0.3) is 33.2 Å². The minimum Gasteiger partial charge on any atom is -0.338 e. The molecule has 0 atom stereocenters. The number of rotatable bonds is 1. The fraction of sp³-hybridized carbons (Fsp3) is 0. The molecule has 0 fully saturated rings. The third-order valence-electron chi connectivity index (χ3n) is 3.09. The number of nitrogens with one attached hydrogen (secondary N) is 2. The first-order valence-electron chi connectivity index (χ1n) is 5.72. The summed E-state index contributed by atoms with van der Waals surface area (Å²) in [6.45, 7) is 0. The van der Waals surface area contributed by atoms with E-state index in [1.54, 1.807) is 11.3 Å². The summed E-state index contributed by atoms with van der Waals surface area (Å²) in [4.78, 5) is 7.54. The van der Waals surface area contributed by atoms with E-state index in [9.17, 15) is 0 Å². The lowest BCUT2D eigenvalue weighted by molar-refractivity contribution is 0.999. The summed E-state index contributed by atoms with van der Waals surface area (Å²) < 4.78 is 0.385. The number of H-pyrrole nitrogens is 2. The molecule has 0 spiro atoms. The number of thiophene rings is 1. The smallest absolute Gasteiger partial charge is 0.215 e. The van der Waals surface area contributed by atoms with Crippen LogP contribution >= 0.6 is 23.6 Å². The van der Waals surface area contributed by atoms with E-state index in [2.05, 4.69) is 43.1 Å². The van der Waals surface area contributed by atoms with E-state index in [1.165, 1.54) is 5.56 Å². The molecule has 2 N–H and O–H groups in total. The third kappa shape index (κ3) is 1.61. The highest BCUT2D eigenvalue weighted by Crippen LogP contribution is 2.33. The molecule has 0 aliphatic carbocycles. The SMILES string of the molecule is S=c1nc2[nH]c3cccc(-c4ccsc4)c3c2n[nH]1. The van der Waals surface area contributed by atoms with Crippen molar-refractivity contribution in [2.24, 2.45) is 0 Å². The standard InChI is InChI=1S/C13H8N4S2/c18-13-15-12-11(16-17-13)10-8(7-4-5-19-6-7)2-1-3-9(10)14-12/h1-6H,(H2,14,15,17,18). The summed E-state index contributed by atoms with van der Waals surface area (Å²) in [5, 5.41) is 12.4. The molecule has 19 heavy (non-hydrogen) atoms. The van der Waals surface area contributed by atoms with Crippen LogP contribution in [0.5, 0.6) is 0 Å². The Balaban J connectivity index is 2.21. The van der Waals surface area contributed by atoms with E-state index in [0.29, 0.717) is 4.77 Å². The first kappa shape index (κ1) is 10.8. The van der Waals surface area contributed by atoms with Crippen molar-refractivity contribution in [3.05, 3.63) is 39.8 Å². The van der Waals surface area contributed by atoms with Crippen LogP contribution in [0.1, 0.15) is 0 Å².